The zero-order valence-electron chi connectivity index (χ0n) is 15.0. The van der Waals surface area contributed by atoms with Gasteiger partial charge in [0.05, 0.1) is 20.3 Å². The van der Waals surface area contributed by atoms with Crippen LogP contribution in [0.1, 0.15) is 36.9 Å². The molecule has 0 radical (unpaired) electrons. The van der Waals surface area contributed by atoms with E-state index in [4.69, 9.17) is 9.47 Å². The fourth-order valence-electron chi connectivity index (χ4n) is 2.64. The third-order valence-electron chi connectivity index (χ3n) is 3.95. The maximum atomic E-state index is 12.3. The summed E-state index contributed by atoms with van der Waals surface area (Å²) in [5, 5.41) is 3.07. The average Bonchev–Trinajstić information content (AvgIpc) is 2.66. The van der Waals surface area contributed by atoms with E-state index in [1.54, 1.807) is 26.4 Å². The first-order chi connectivity index (χ1) is 12.2. The second kappa shape index (κ2) is 9.52. The van der Waals surface area contributed by atoms with Crippen LogP contribution in [0.15, 0.2) is 54.6 Å². The van der Waals surface area contributed by atoms with Gasteiger partial charge in [-0.15, -0.1) is 0 Å². The summed E-state index contributed by atoms with van der Waals surface area (Å²) < 4.78 is 10.5. The highest BCUT2D eigenvalue weighted by Crippen LogP contribution is 2.25. The molecular weight excluding hydrogens is 314 g/mol. The van der Waals surface area contributed by atoms with Crippen LogP contribution in [0.5, 0.6) is 11.5 Å². The normalized spacial score (nSPS) is 12.0. The molecule has 0 fully saturated rings. The van der Waals surface area contributed by atoms with Crippen molar-refractivity contribution in [2.75, 3.05) is 14.2 Å². The van der Waals surface area contributed by atoms with Crippen LogP contribution in [0.4, 0.5) is 0 Å². The molecule has 0 bridgehead atoms. The molecule has 132 valence electrons. The second-order valence-electron chi connectivity index (χ2n) is 5.70. The van der Waals surface area contributed by atoms with Crippen molar-refractivity contribution in [3.05, 3.63) is 65.7 Å². The first kappa shape index (κ1) is 18.6. The maximum absolute atomic E-state index is 12.3. The Labute approximate surface area is 149 Å². The van der Waals surface area contributed by atoms with E-state index in [0.717, 1.165) is 24.0 Å². The third-order valence-corrected chi connectivity index (χ3v) is 3.95. The highest BCUT2D eigenvalue weighted by atomic mass is 16.5. The van der Waals surface area contributed by atoms with E-state index in [2.05, 4.69) is 12.2 Å². The topological polar surface area (TPSA) is 47.6 Å². The van der Waals surface area contributed by atoms with E-state index in [9.17, 15) is 4.79 Å². The number of methoxy groups -OCH3 is 2. The first-order valence-corrected chi connectivity index (χ1v) is 8.43. The number of carbonyl (C=O) groups is 1. The highest BCUT2D eigenvalue weighted by Gasteiger charge is 2.12. The van der Waals surface area contributed by atoms with Crippen LogP contribution in [0.2, 0.25) is 0 Å². The molecule has 2 aromatic rings. The molecule has 0 aliphatic carbocycles. The van der Waals surface area contributed by atoms with E-state index < -0.39 is 0 Å². The zero-order valence-corrected chi connectivity index (χ0v) is 15.0. The fraction of sp³-hybridized carbons (Fsp3) is 0.286. The molecule has 2 aromatic carbocycles. The van der Waals surface area contributed by atoms with Crippen molar-refractivity contribution in [2.24, 2.45) is 0 Å². The summed E-state index contributed by atoms with van der Waals surface area (Å²) in [6, 6.07) is 15.5. The second-order valence-corrected chi connectivity index (χ2v) is 5.70. The molecule has 0 saturated carbocycles. The Balaban J connectivity index is 2.09. The van der Waals surface area contributed by atoms with Crippen LogP contribution in [-0.2, 0) is 4.79 Å². The summed E-state index contributed by atoms with van der Waals surface area (Å²) in [4.78, 5) is 12.3. The Hall–Kier alpha value is -2.75. The molecule has 1 N–H and O–H groups in total. The van der Waals surface area contributed by atoms with Gasteiger partial charge in [0.1, 0.15) is 11.5 Å². The monoisotopic (exact) mass is 339 g/mol. The lowest BCUT2D eigenvalue weighted by Crippen LogP contribution is -2.26. The molecule has 1 atom stereocenters. The molecule has 0 heterocycles. The summed E-state index contributed by atoms with van der Waals surface area (Å²) in [6.45, 7) is 2.11. The largest absolute Gasteiger partial charge is 0.497 e. The summed E-state index contributed by atoms with van der Waals surface area (Å²) >= 11 is 0. The van der Waals surface area contributed by atoms with Gasteiger partial charge in [0.15, 0.2) is 0 Å². The van der Waals surface area contributed by atoms with Crippen molar-refractivity contribution in [2.45, 2.75) is 25.8 Å². The van der Waals surface area contributed by atoms with Crippen LogP contribution < -0.4 is 14.8 Å². The van der Waals surface area contributed by atoms with Crippen molar-refractivity contribution >= 4 is 12.0 Å². The van der Waals surface area contributed by atoms with Gasteiger partial charge in [-0.05, 0) is 30.2 Å². The minimum atomic E-state index is -0.125. The standard InChI is InChI=1S/C21H25NO3/c1-4-8-19(16-9-6-5-7-10-16)22-21(23)14-12-17-11-13-18(24-2)15-20(17)25-3/h5-7,9-15,19H,4,8H2,1-3H3,(H,22,23)/b14-12+. The summed E-state index contributed by atoms with van der Waals surface area (Å²) in [5.74, 6) is 1.25. The van der Waals surface area contributed by atoms with Crippen LogP contribution in [0.25, 0.3) is 6.08 Å². The Morgan fingerprint density at radius 2 is 1.88 bits per heavy atom. The summed E-state index contributed by atoms with van der Waals surface area (Å²) in [5.41, 5.74) is 1.94. The Morgan fingerprint density at radius 3 is 2.52 bits per heavy atom. The number of hydrogen-bond acceptors (Lipinski definition) is 3. The number of amides is 1. The van der Waals surface area contributed by atoms with Crippen molar-refractivity contribution in [3.8, 4) is 11.5 Å². The van der Waals surface area contributed by atoms with E-state index in [1.165, 1.54) is 6.08 Å². The molecule has 2 rings (SSSR count). The van der Waals surface area contributed by atoms with Gasteiger partial charge in [0.25, 0.3) is 0 Å². The van der Waals surface area contributed by atoms with E-state index >= 15 is 0 Å². The number of hydrogen-bond donors (Lipinski definition) is 1. The van der Waals surface area contributed by atoms with Gasteiger partial charge < -0.3 is 14.8 Å². The molecular formula is C21H25NO3. The smallest absolute Gasteiger partial charge is 0.244 e. The van der Waals surface area contributed by atoms with Crippen molar-refractivity contribution < 1.29 is 14.3 Å². The van der Waals surface area contributed by atoms with Crippen molar-refractivity contribution in [3.63, 3.8) is 0 Å². The average molecular weight is 339 g/mol. The maximum Gasteiger partial charge on any atom is 0.244 e. The van der Waals surface area contributed by atoms with E-state index in [1.807, 2.05) is 42.5 Å². The molecule has 4 nitrogen and oxygen atoms in total. The molecule has 0 aromatic heterocycles. The van der Waals surface area contributed by atoms with Crippen LogP contribution in [0.3, 0.4) is 0 Å². The van der Waals surface area contributed by atoms with E-state index in [-0.39, 0.29) is 11.9 Å². The van der Waals surface area contributed by atoms with Crippen LogP contribution in [-0.4, -0.2) is 20.1 Å². The van der Waals surface area contributed by atoms with Gasteiger partial charge in [-0.1, -0.05) is 43.7 Å². The quantitative estimate of drug-likeness (QED) is 0.726. The first-order valence-electron chi connectivity index (χ1n) is 8.43. The van der Waals surface area contributed by atoms with E-state index in [0.29, 0.717) is 11.5 Å². The molecule has 0 aliphatic heterocycles. The van der Waals surface area contributed by atoms with Crippen LogP contribution in [0, 0.1) is 0 Å². The molecule has 1 amide bonds. The SMILES string of the molecule is CCCC(NC(=O)/C=C/c1ccc(OC)cc1OC)c1ccccc1. The van der Waals surface area contributed by atoms with Crippen LogP contribution >= 0.6 is 0 Å². The van der Waals surface area contributed by atoms with Crippen molar-refractivity contribution in [1.82, 2.24) is 5.32 Å². The number of nitrogens with one attached hydrogen (secondary N) is 1. The van der Waals surface area contributed by atoms with Gasteiger partial charge in [-0.3, -0.25) is 4.79 Å². The lowest BCUT2D eigenvalue weighted by molar-refractivity contribution is -0.117. The number of benzene rings is 2. The number of ether oxygens (including phenoxy) is 2. The van der Waals surface area contributed by atoms with Gasteiger partial charge in [-0.2, -0.15) is 0 Å². The predicted molar refractivity (Wildman–Crippen MR) is 101 cm³/mol. The van der Waals surface area contributed by atoms with Gasteiger partial charge >= 0.3 is 0 Å². The predicted octanol–water partition coefficient (Wildman–Crippen LogP) is 4.37. The molecule has 25 heavy (non-hydrogen) atoms. The Kier molecular flexibility index (Phi) is 7.08. The molecule has 0 spiro atoms. The summed E-state index contributed by atoms with van der Waals surface area (Å²) in [7, 11) is 3.20. The number of rotatable bonds is 8. The Morgan fingerprint density at radius 1 is 1.12 bits per heavy atom. The van der Waals surface area contributed by atoms with Gasteiger partial charge in [-0.25, -0.2) is 0 Å². The summed E-state index contributed by atoms with van der Waals surface area (Å²) in [6.07, 6.45) is 5.18. The molecule has 0 aliphatic rings. The highest BCUT2D eigenvalue weighted by molar-refractivity contribution is 5.92. The lowest BCUT2D eigenvalue weighted by atomic mass is 10.0. The van der Waals surface area contributed by atoms with Gasteiger partial charge in [0, 0.05) is 17.7 Å². The minimum absolute atomic E-state index is 0.0149. The molecule has 1 unspecified atom stereocenters. The Bertz CT molecular complexity index is 710. The van der Waals surface area contributed by atoms with Crippen molar-refractivity contribution in [1.29, 1.82) is 0 Å². The minimum Gasteiger partial charge on any atom is -0.497 e. The zero-order chi connectivity index (χ0) is 18.1. The third kappa shape index (κ3) is 5.38. The number of carbonyl (C=O) groups excluding carboxylic acids is 1. The molecule has 4 heteroatoms. The van der Waals surface area contributed by atoms with Gasteiger partial charge in [0.2, 0.25) is 5.91 Å². The fourth-order valence-corrected chi connectivity index (χ4v) is 2.64. The molecule has 0 saturated heterocycles. The lowest BCUT2D eigenvalue weighted by Gasteiger charge is -2.17.